The Labute approximate surface area is 179 Å². The van der Waals surface area contributed by atoms with Gasteiger partial charge in [0.1, 0.15) is 0 Å². The third kappa shape index (κ3) is 5.52. The van der Waals surface area contributed by atoms with Crippen LogP contribution in [0, 0.1) is 6.92 Å². The van der Waals surface area contributed by atoms with Gasteiger partial charge in [-0.1, -0.05) is 22.9 Å². The third-order valence-electron chi connectivity index (χ3n) is 4.72. The highest BCUT2D eigenvalue weighted by atomic mass is 35.5. The molecule has 0 aliphatic rings. The summed E-state index contributed by atoms with van der Waals surface area (Å²) in [7, 11) is 1.86. The summed E-state index contributed by atoms with van der Waals surface area (Å²) >= 11 is 6.09. The average molecular weight is 430 g/mol. The molecule has 2 aromatic heterocycles. The molecule has 158 valence electrons. The average Bonchev–Trinajstić information content (AvgIpc) is 3.24. The Kier molecular flexibility index (Phi) is 7.31. The van der Waals surface area contributed by atoms with Gasteiger partial charge in [0.2, 0.25) is 5.91 Å². The second-order valence-corrected chi connectivity index (χ2v) is 7.33. The maximum absolute atomic E-state index is 12.8. The summed E-state index contributed by atoms with van der Waals surface area (Å²) in [6.07, 6.45) is 4.88. The maximum atomic E-state index is 12.8. The minimum atomic E-state index is -0.274. The highest BCUT2D eigenvalue weighted by molar-refractivity contribution is 6.30. The van der Waals surface area contributed by atoms with Crippen LogP contribution >= 0.6 is 11.6 Å². The van der Waals surface area contributed by atoms with Crippen LogP contribution in [0.25, 0.3) is 0 Å². The van der Waals surface area contributed by atoms with Crippen molar-refractivity contribution in [3.05, 3.63) is 74.4 Å². The number of benzene rings is 1. The second-order valence-electron chi connectivity index (χ2n) is 6.90. The zero-order valence-corrected chi connectivity index (χ0v) is 17.7. The summed E-state index contributed by atoms with van der Waals surface area (Å²) in [5.41, 5.74) is 2.83. The van der Waals surface area contributed by atoms with E-state index >= 15 is 0 Å². The molecule has 0 saturated carbocycles. The van der Waals surface area contributed by atoms with Gasteiger partial charge in [0.05, 0.1) is 31.9 Å². The lowest BCUT2D eigenvalue weighted by Gasteiger charge is -2.12. The fourth-order valence-electron chi connectivity index (χ4n) is 3.07. The molecule has 10 heteroatoms. The number of aromatic nitrogens is 5. The van der Waals surface area contributed by atoms with Crippen molar-refractivity contribution in [2.45, 2.75) is 39.5 Å². The number of amides is 1. The standard InChI is InChI=1S/C20H24ClN7O2/c1-14-11-25-28(8-7-27-6-5-24-26-27)20(30)18(14)10-19(29)23-13-16-9-17(21)4-3-15(16)12-22-2/h3-6,9,11,22H,7-8,10,12-13H2,1-2H3,(H,23,29). The number of carbonyl (C=O) groups is 1. The Balaban J connectivity index is 1.67. The summed E-state index contributed by atoms with van der Waals surface area (Å²) < 4.78 is 2.97. The SMILES string of the molecule is CNCc1ccc(Cl)cc1CNC(=O)Cc1c(C)cnn(CCn2ccnn2)c1=O. The number of halogens is 1. The smallest absolute Gasteiger partial charge is 0.270 e. The minimum Gasteiger partial charge on any atom is -0.352 e. The molecule has 2 heterocycles. The first kappa shape index (κ1) is 21.7. The molecule has 2 N–H and O–H groups in total. The van der Waals surface area contributed by atoms with Crippen LogP contribution in [0.3, 0.4) is 0 Å². The Bertz CT molecular complexity index is 1060. The predicted octanol–water partition coefficient (Wildman–Crippen LogP) is 1.08. The highest BCUT2D eigenvalue weighted by Gasteiger charge is 2.14. The van der Waals surface area contributed by atoms with Crippen molar-refractivity contribution in [2.75, 3.05) is 7.05 Å². The van der Waals surface area contributed by atoms with Crippen LogP contribution in [0.5, 0.6) is 0 Å². The number of hydrogen-bond acceptors (Lipinski definition) is 6. The molecule has 3 rings (SSSR count). The van der Waals surface area contributed by atoms with Gasteiger partial charge in [0, 0.05) is 29.9 Å². The van der Waals surface area contributed by atoms with Crippen molar-refractivity contribution < 1.29 is 4.79 Å². The summed E-state index contributed by atoms with van der Waals surface area (Å²) in [5.74, 6) is -0.236. The van der Waals surface area contributed by atoms with Crippen LogP contribution in [0.1, 0.15) is 22.3 Å². The van der Waals surface area contributed by atoms with Crippen molar-refractivity contribution >= 4 is 17.5 Å². The summed E-state index contributed by atoms with van der Waals surface area (Å²) in [6.45, 7) is 3.59. The molecule has 3 aromatic rings. The maximum Gasteiger partial charge on any atom is 0.270 e. The molecule has 0 spiro atoms. The van der Waals surface area contributed by atoms with Crippen molar-refractivity contribution in [3.8, 4) is 0 Å². The van der Waals surface area contributed by atoms with Gasteiger partial charge in [-0.15, -0.1) is 5.10 Å². The molecule has 0 fully saturated rings. The number of rotatable bonds is 9. The van der Waals surface area contributed by atoms with Gasteiger partial charge in [-0.05, 0) is 42.8 Å². The van der Waals surface area contributed by atoms with E-state index in [0.717, 1.165) is 11.1 Å². The molecule has 0 saturated heterocycles. The first-order chi connectivity index (χ1) is 14.5. The van der Waals surface area contributed by atoms with Gasteiger partial charge < -0.3 is 10.6 Å². The number of aryl methyl sites for hydroxylation is 3. The zero-order valence-electron chi connectivity index (χ0n) is 16.9. The zero-order chi connectivity index (χ0) is 21.5. The van der Waals surface area contributed by atoms with E-state index in [1.54, 1.807) is 30.2 Å². The van der Waals surface area contributed by atoms with E-state index in [0.29, 0.717) is 42.3 Å². The van der Waals surface area contributed by atoms with E-state index in [-0.39, 0.29) is 17.9 Å². The predicted molar refractivity (Wildman–Crippen MR) is 113 cm³/mol. The molecule has 0 radical (unpaired) electrons. The summed E-state index contributed by atoms with van der Waals surface area (Å²) in [6, 6.07) is 5.59. The molecule has 9 nitrogen and oxygen atoms in total. The van der Waals surface area contributed by atoms with Crippen molar-refractivity contribution in [1.82, 2.24) is 35.4 Å². The number of nitrogens with one attached hydrogen (secondary N) is 2. The quantitative estimate of drug-likeness (QED) is 0.527. The topological polar surface area (TPSA) is 107 Å². The van der Waals surface area contributed by atoms with Crippen molar-refractivity contribution in [3.63, 3.8) is 0 Å². The van der Waals surface area contributed by atoms with E-state index in [9.17, 15) is 9.59 Å². The normalized spacial score (nSPS) is 10.9. The molecule has 1 aromatic carbocycles. The highest BCUT2D eigenvalue weighted by Crippen LogP contribution is 2.16. The first-order valence-electron chi connectivity index (χ1n) is 9.56. The van der Waals surface area contributed by atoms with Crippen LogP contribution in [0.2, 0.25) is 5.02 Å². The Morgan fingerprint density at radius 3 is 2.77 bits per heavy atom. The number of carbonyl (C=O) groups excluding carboxylic acids is 1. The van der Waals surface area contributed by atoms with Gasteiger partial charge in [-0.25, -0.2) is 4.68 Å². The lowest BCUT2D eigenvalue weighted by molar-refractivity contribution is -0.120. The largest absolute Gasteiger partial charge is 0.352 e. The third-order valence-corrected chi connectivity index (χ3v) is 4.96. The van der Waals surface area contributed by atoms with Crippen LogP contribution in [-0.4, -0.2) is 37.7 Å². The molecule has 0 aliphatic heterocycles. The number of nitrogens with zero attached hydrogens (tertiary/aromatic N) is 5. The molecule has 30 heavy (non-hydrogen) atoms. The van der Waals surface area contributed by atoms with E-state index < -0.39 is 0 Å². The van der Waals surface area contributed by atoms with Gasteiger partial charge in [0.15, 0.2) is 0 Å². The van der Waals surface area contributed by atoms with Crippen LogP contribution in [0.15, 0.2) is 41.6 Å². The van der Waals surface area contributed by atoms with E-state index in [2.05, 4.69) is 26.0 Å². The first-order valence-corrected chi connectivity index (χ1v) is 9.94. The molecule has 0 aliphatic carbocycles. The Hall–Kier alpha value is -3.04. The van der Waals surface area contributed by atoms with Gasteiger partial charge in [0.25, 0.3) is 5.56 Å². The molecular weight excluding hydrogens is 406 g/mol. The van der Waals surface area contributed by atoms with E-state index in [1.165, 1.54) is 4.68 Å². The van der Waals surface area contributed by atoms with Crippen LogP contribution in [0.4, 0.5) is 0 Å². The Morgan fingerprint density at radius 2 is 2.03 bits per heavy atom. The number of hydrogen-bond donors (Lipinski definition) is 2. The monoisotopic (exact) mass is 429 g/mol. The molecular formula is C20H24ClN7O2. The molecule has 0 unspecified atom stereocenters. The van der Waals surface area contributed by atoms with Crippen LogP contribution in [-0.2, 0) is 37.4 Å². The fourth-order valence-corrected chi connectivity index (χ4v) is 3.27. The molecule has 0 atom stereocenters. The van der Waals surface area contributed by atoms with Gasteiger partial charge >= 0.3 is 0 Å². The van der Waals surface area contributed by atoms with Crippen LogP contribution < -0.4 is 16.2 Å². The summed E-state index contributed by atoms with van der Waals surface area (Å²) in [4.78, 5) is 25.3. The fraction of sp³-hybridized carbons (Fsp3) is 0.350. The summed E-state index contributed by atoms with van der Waals surface area (Å²) in [5, 5.41) is 18.4. The van der Waals surface area contributed by atoms with E-state index in [1.807, 2.05) is 25.2 Å². The van der Waals surface area contributed by atoms with Gasteiger partial charge in [-0.3, -0.25) is 14.3 Å². The lowest BCUT2D eigenvalue weighted by atomic mass is 10.1. The second kappa shape index (κ2) is 10.1. The van der Waals surface area contributed by atoms with Crippen molar-refractivity contribution in [1.29, 1.82) is 0 Å². The minimum absolute atomic E-state index is 0.0154. The lowest BCUT2D eigenvalue weighted by Crippen LogP contribution is -2.33. The van der Waals surface area contributed by atoms with E-state index in [4.69, 9.17) is 11.6 Å². The Morgan fingerprint density at radius 1 is 1.20 bits per heavy atom. The molecule has 1 amide bonds. The molecule has 0 bridgehead atoms. The van der Waals surface area contributed by atoms with Gasteiger partial charge in [-0.2, -0.15) is 5.10 Å². The van der Waals surface area contributed by atoms with Crippen molar-refractivity contribution in [2.24, 2.45) is 0 Å².